The average molecular weight is 159 g/mol. The number of aromatic nitrogens is 1. The van der Waals surface area contributed by atoms with Crippen molar-refractivity contribution >= 4 is 6.08 Å². The lowest BCUT2D eigenvalue weighted by Gasteiger charge is -2.05. The summed E-state index contributed by atoms with van der Waals surface area (Å²) in [7, 11) is 0. The molecular weight excluding hydrogens is 150 g/mol. The van der Waals surface area contributed by atoms with Crippen molar-refractivity contribution in [3.05, 3.63) is 47.8 Å². The van der Waals surface area contributed by atoms with Gasteiger partial charge in [0.05, 0.1) is 5.69 Å². The number of allylic oxidation sites excluding steroid dienone is 2. The molecule has 0 spiro atoms. The number of pyridine rings is 1. The predicted molar refractivity (Wildman–Crippen MR) is 47.4 cm³/mol. The molecule has 1 aliphatic carbocycles. The minimum absolute atomic E-state index is 0.573. The Hall–Kier alpha value is -1.41. The van der Waals surface area contributed by atoms with Crippen molar-refractivity contribution < 1.29 is 5.11 Å². The molecule has 1 unspecified atom stereocenters. The van der Waals surface area contributed by atoms with E-state index in [9.17, 15) is 5.11 Å². The zero-order chi connectivity index (χ0) is 8.39. The summed E-state index contributed by atoms with van der Waals surface area (Å²) < 4.78 is 0. The van der Waals surface area contributed by atoms with E-state index in [-0.39, 0.29) is 0 Å². The van der Waals surface area contributed by atoms with E-state index in [1.807, 2.05) is 30.4 Å². The van der Waals surface area contributed by atoms with Crippen LogP contribution < -0.4 is 0 Å². The van der Waals surface area contributed by atoms with Crippen LogP contribution in [0.25, 0.3) is 6.08 Å². The molecule has 2 nitrogen and oxygen atoms in total. The molecule has 2 heteroatoms. The predicted octanol–water partition coefficient (Wildman–Crippen LogP) is 1.70. The minimum Gasteiger partial charge on any atom is -0.383 e. The van der Waals surface area contributed by atoms with Crippen molar-refractivity contribution in [2.45, 2.75) is 6.10 Å². The molecule has 1 aromatic heterocycles. The summed E-state index contributed by atoms with van der Waals surface area (Å²) in [5, 5.41) is 9.55. The first-order valence-electron chi connectivity index (χ1n) is 3.86. The smallest absolute Gasteiger partial charge is 0.115 e. The standard InChI is InChI=1S/C10H9NO/c12-9-6-2-1-4-8-5-3-7-11-10(8)9/h1-7,9,12H. The second-order valence-electron chi connectivity index (χ2n) is 2.67. The number of aliphatic hydroxyl groups is 1. The van der Waals surface area contributed by atoms with E-state index in [2.05, 4.69) is 4.98 Å². The van der Waals surface area contributed by atoms with Crippen molar-refractivity contribution in [3.8, 4) is 0 Å². The molecule has 1 atom stereocenters. The van der Waals surface area contributed by atoms with Crippen LogP contribution in [0, 0.1) is 0 Å². The molecule has 1 aliphatic rings. The summed E-state index contributed by atoms with van der Waals surface area (Å²) in [5.41, 5.74) is 1.71. The third-order valence-corrected chi connectivity index (χ3v) is 1.83. The number of fused-ring (bicyclic) bond motifs is 1. The normalized spacial score (nSPS) is 20.2. The largest absolute Gasteiger partial charge is 0.383 e. The Labute approximate surface area is 70.9 Å². The molecule has 0 aromatic carbocycles. The van der Waals surface area contributed by atoms with Gasteiger partial charge in [0.1, 0.15) is 6.10 Å². The molecule has 1 heterocycles. The zero-order valence-corrected chi connectivity index (χ0v) is 6.51. The van der Waals surface area contributed by atoms with Gasteiger partial charge in [-0.2, -0.15) is 0 Å². The van der Waals surface area contributed by atoms with E-state index in [0.717, 1.165) is 11.3 Å². The van der Waals surface area contributed by atoms with E-state index in [0.29, 0.717) is 0 Å². The van der Waals surface area contributed by atoms with Gasteiger partial charge < -0.3 is 5.11 Å². The molecule has 0 amide bonds. The van der Waals surface area contributed by atoms with Crippen LogP contribution in [0.5, 0.6) is 0 Å². The molecule has 1 aromatic rings. The van der Waals surface area contributed by atoms with Crippen LogP contribution in [-0.2, 0) is 0 Å². The van der Waals surface area contributed by atoms with Crippen LogP contribution in [0.4, 0.5) is 0 Å². The Morgan fingerprint density at radius 3 is 3.17 bits per heavy atom. The second kappa shape index (κ2) is 2.91. The maximum absolute atomic E-state index is 9.55. The Bertz CT molecular complexity index is 341. The molecule has 0 bridgehead atoms. The summed E-state index contributed by atoms with van der Waals surface area (Å²) in [6.07, 6.45) is 8.50. The molecule has 0 saturated heterocycles. The highest BCUT2D eigenvalue weighted by molar-refractivity contribution is 5.55. The fraction of sp³-hybridized carbons (Fsp3) is 0.100. The van der Waals surface area contributed by atoms with Gasteiger partial charge in [-0.05, 0) is 11.6 Å². The summed E-state index contributed by atoms with van der Waals surface area (Å²) >= 11 is 0. The molecular formula is C10H9NO. The molecule has 0 fully saturated rings. The molecule has 0 radical (unpaired) electrons. The second-order valence-corrected chi connectivity index (χ2v) is 2.67. The van der Waals surface area contributed by atoms with E-state index in [1.54, 1.807) is 12.3 Å². The number of hydrogen-bond donors (Lipinski definition) is 1. The lowest BCUT2D eigenvalue weighted by Crippen LogP contribution is -1.98. The van der Waals surface area contributed by atoms with E-state index < -0.39 is 6.10 Å². The van der Waals surface area contributed by atoms with Gasteiger partial charge in [0.2, 0.25) is 0 Å². The monoisotopic (exact) mass is 159 g/mol. The van der Waals surface area contributed by atoms with E-state index >= 15 is 0 Å². The van der Waals surface area contributed by atoms with Gasteiger partial charge in [0.25, 0.3) is 0 Å². The molecule has 2 rings (SSSR count). The summed E-state index contributed by atoms with van der Waals surface area (Å²) in [6.45, 7) is 0. The Morgan fingerprint density at radius 2 is 2.25 bits per heavy atom. The van der Waals surface area contributed by atoms with Crippen molar-refractivity contribution in [1.82, 2.24) is 4.98 Å². The summed E-state index contributed by atoms with van der Waals surface area (Å²) in [4.78, 5) is 4.11. The average Bonchev–Trinajstić information content (AvgIpc) is 2.29. The zero-order valence-electron chi connectivity index (χ0n) is 6.51. The number of aliphatic hydroxyl groups excluding tert-OH is 1. The maximum atomic E-state index is 9.55. The van der Waals surface area contributed by atoms with Gasteiger partial charge in [-0.15, -0.1) is 0 Å². The molecule has 0 saturated carbocycles. The first kappa shape index (κ1) is 7.25. The Kier molecular flexibility index (Phi) is 1.76. The SMILES string of the molecule is OC1C=CC=Cc2cccnc21. The van der Waals surface area contributed by atoms with Crippen LogP contribution in [0.3, 0.4) is 0 Å². The van der Waals surface area contributed by atoms with Crippen LogP contribution in [0.15, 0.2) is 36.6 Å². The number of nitrogens with zero attached hydrogens (tertiary/aromatic N) is 1. The highest BCUT2D eigenvalue weighted by Gasteiger charge is 2.09. The third kappa shape index (κ3) is 1.17. The highest BCUT2D eigenvalue weighted by Crippen LogP contribution is 2.20. The number of rotatable bonds is 0. The molecule has 60 valence electrons. The molecule has 0 aliphatic heterocycles. The van der Waals surface area contributed by atoms with Crippen molar-refractivity contribution in [3.63, 3.8) is 0 Å². The van der Waals surface area contributed by atoms with Crippen LogP contribution in [0.2, 0.25) is 0 Å². The fourth-order valence-corrected chi connectivity index (χ4v) is 1.24. The summed E-state index contributed by atoms with van der Waals surface area (Å²) in [6, 6.07) is 3.80. The first-order chi connectivity index (χ1) is 5.88. The van der Waals surface area contributed by atoms with Gasteiger partial charge in [-0.25, -0.2) is 0 Å². The number of hydrogen-bond acceptors (Lipinski definition) is 2. The molecule has 12 heavy (non-hydrogen) atoms. The summed E-state index contributed by atoms with van der Waals surface area (Å²) in [5.74, 6) is 0. The quantitative estimate of drug-likeness (QED) is 0.625. The lowest BCUT2D eigenvalue weighted by molar-refractivity contribution is 0.223. The van der Waals surface area contributed by atoms with Gasteiger partial charge in [0.15, 0.2) is 0 Å². The Balaban J connectivity index is 2.56. The van der Waals surface area contributed by atoms with Crippen LogP contribution in [-0.4, -0.2) is 10.1 Å². The first-order valence-corrected chi connectivity index (χ1v) is 3.86. The molecule has 1 N–H and O–H groups in total. The van der Waals surface area contributed by atoms with E-state index in [1.165, 1.54) is 0 Å². The fourth-order valence-electron chi connectivity index (χ4n) is 1.24. The third-order valence-electron chi connectivity index (χ3n) is 1.83. The lowest BCUT2D eigenvalue weighted by atomic mass is 10.1. The highest BCUT2D eigenvalue weighted by atomic mass is 16.3. The van der Waals surface area contributed by atoms with Crippen molar-refractivity contribution in [1.29, 1.82) is 0 Å². The van der Waals surface area contributed by atoms with E-state index in [4.69, 9.17) is 0 Å². The Morgan fingerprint density at radius 1 is 1.33 bits per heavy atom. The van der Waals surface area contributed by atoms with Gasteiger partial charge >= 0.3 is 0 Å². The minimum atomic E-state index is -0.573. The van der Waals surface area contributed by atoms with Gasteiger partial charge in [-0.3, -0.25) is 4.98 Å². The van der Waals surface area contributed by atoms with Gasteiger partial charge in [0, 0.05) is 6.20 Å². The van der Waals surface area contributed by atoms with Crippen molar-refractivity contribution in [2.24, 2.45) is 0 Å². The topological polar surface area (TPSA) is 33.1 Å². The maximum Gasteiger partial charge on any atom is 0.115 e. The van der Waals surface area contributed by atoms with Crippen molar-refractivity contribution in [2.75, 3.05) is 0 Å². The van der Waals surface area contributed by atoms with Crippen LogP contribution in [0.1, 0.15) is 17.4 Å². The van der Waals surface area contributed by atoms with Crippen LogP contribution >= 0.6 is 0 Å². The van der Waals surface area contributed by atoms with Gasteiger partial charge in [-0.1, -0.05) is 30.4 Å².